The maximum absolute atomic E-state index is 12.8. The van der Waals surface area contributed by atoms with Crippen molar-refractivity contribution in [3.8, 4) is 11.5 Å². The highest BCUT2D eigenvalue weighted by Crippen LogP contribution is 2.28. The van der Waals surface area contributed by atoms with E-state index in [2.05, 4.69) is 5.32 Å². The lowest BCUT2D eigenvalue weighted by molar-refractivity contribution is -0.131. The molecule has 0 saturated carbocycles. The van der Waals surface area contributed by atoms with Crippen LogP contribution in [-0.2, 0) is 4.79 Å². The van der Waals surface area contributed by atoms with Gasteiger partial charge in [0.15, 0.2) is 11.5 Å². The van der Waals surface area contributed by atoms with Crippen LogP contribution in [0.5, 0.6) is 11.5 Å². The molecule has 1 N–H and O–H groups in total. The minimum atomic E-state index is -0.402. The summed E-state index contributed by atoms with van der Waals surface area (Å²) in [4.78, 5) is 40.8. The lowest BCUT2D eigenvalue weighted by Crippen LogP contribution is -2.52. The molecule has 1 fully saturated rings. The van der Waals surface area contributed by atoms with Gasteiger partial charge in [-0.1, -0.05) is 23.7 Å². The van der Waals surface area contributed by atoms with Gasteiger partial charge in [-0.25, -0.2) is 0 Å². The molecule has 31 heavy (non-hydrogen) atoms. The van der Waals surface area contributed by atoms with Gasteiger partial charge in [0.1, 0.15) is 0 Å². The molecule has 8 nitrogen and oxygen atoms in total. The Balaban J connectivity index is 1.52. The van der Waals surface area contributed by atoms with Crippen LogP contribution in [0.3, 0.4) is 0 Å². The lowest BCUT2D eigenvalue weighted by atomic mass is 10.1. The zero-order valence-corrected chi connectivity index (χ0v) is 18.1. The first kappa shape index (κ1) is 22.4. The van der Waals surface area contributed by atoms with Crippen LogP contribution < -0.4 is 14.8 Å². The van der Waals surface area contributed by atoms with Crippen LogP contribution in [0.2, 0.25) is 5.02 Å². The Kier molecular flexibility index (Phi) is 7.36. The van der Waals surface area contributed by atoms with E-state index < -0.39 is 5.91 Å². The predicted molar refractivity (Wildman–Crippen MR) is 116 cm³/mol. The topological polar surface area (TPSA) is 88.2 Å². The Labute approximate surface area is 185 Å². The highest BCUT2D eigenvalue weighted by molar-refractivity contribution is 6.33. The third-order valence-corrected chi connectivity index (χ3v) is 5.40. The average molecular weight is 446 g/mol. The molecule has 1 aliphatic heterocycles. The lowest BCUT2D eigenvalue weighted by Gasteiger charge is -2.35. The summed E-state index contributed by atoms with van der Waals surface area (Å²) in [6.07, 6.45) is 0. The van der Waals surface area contributed by atoms with Crippen molar-refractivity contribution in [2.24, 2.45) is 0 Å². The van der Waals surface area contributed by atoms with Crippen LogP contribution in [0.25, 0.3) is 0 Å². The van der Waals surface area contributed by atoms with E-state index in [9.17, 15) is 14.4 Å². The Morgan fingerprint density at radius 2 is 1.58 bits per heavy atom. The molecule has 1 saturated heterocycles. The van der Waals surface area contributed by atoms with Crippen molar-refractivity contribution in [1.29, 1.82) is 0 Å². The monoisotopic (exact) mass is 445 g/mol. The number of ether oxygens (including phenoxy) is 2. The molecule has 1 heterocycles. The molecule has 2 aromatic carbocycles. The minimum absolute atomic E-state index is 0.131. The first-order chi connectivity index (χ1) is 14.9. The van der Waals surface area contributed by atoms with Crippen LogP contribution >= 0.6 is 11.6 Å². The molecular formula is C22H24ClN3O5. The Bertz CT molecular complexity index is 973. The van der Waals surface area contributed by atoms with E-state index in [1.807, 2.05) is 0 Å². The summed E-state index contributed by atoms with van der Waals surface area (Å²) >= 11 is 6.01. The highest BCUT2D eigenvalue weighted by Gasteiger charge is 2.25. The van der Waals surface area contributed by atoms with Crippen molar-refractivity contribution in [2.75, 3.05) is 46.9 Å². The molecule has 0 aromatic heterocycles. The highest BCUT2D eigenvalue weighted by atomic mass is 35.5. The molecule has 0 radical (unpaired) electrons. The van der Waals surface area contributed by atoms with Crippen LogP contribution in [0.15, 0.2) is 42.5 Å². The fourth-order valence-corrected chi connectivity index (χ4v) is 3.54. The summed E-state index contributed by atoms with van der Waals surface area (Å²) < 4.78 is 10.5. The van der Waals surface area contributed by atoms with Gasteiger partial charge in [0.25, 0.3) is 11.8 Å². The first-order valence-electron chi connectivity index (χ1n) is 9.76. The summed E-state index contributed by atoms with van der Waals surface area (Å²) in [5.41, 5.74) is 0.812. The normalized spacial score (nSPS) is 13.5. The van der Waals surface area contributed by atoms with Gasteiger partial charge in [-0.15, -0.1) is 0 Å². The second-order valence-corrected chi connectivity index (χ2v) is 7.31. The van der Waals surface area contributed by atoms with Crippen molar-refractivity contribution in [3.05, 3.63) is 58.6 Å². The van der Waals surface area contributed by atoms with Crippen LogP contribution in [0.1, 0.15) is 20.7 Å². The van der Waals surface area contributed by atoms with Gasteiger partial charge in [0, 0.05) is 31.7 Å². The smallest absolute Gasteiger partial charge is 0.254 e. The Morgan fingerprint density at radius 3 is 2.23 bits per heavy atom. The SMILES string of the molecule is COc1ccc(C(=O)N2CCN(C(=O)CNC(=O)c3ccccc3Cl)CC2)cc1OC. The fraction of sp³-hybridized carbons (Fsp3) is 0.318. The molecule has 2 aromatic rings. The molecule has 9 heteroatoms. The zero-order valence-electron chi connectivity index (χ0n) is 17.4. The molecule has 0 spiro atoms. The van der Waals surface area contributed by atoms with Crippen molar-refractivity contribution in [3.63, 3.8) is 0 Å². The molecule has 164 valence electrons. The number of nitrogens with one attached hydrogen (secondary N) is 1. The summed E-state index contributed by atoms with van der Waals surface area (Å²) in [6, 6.07) is 11.7. The summed E-state index contributed by atoms with van der Waals surface area (Å²) in [5, 5.41) is 2.93. The molecule has 1 aliphatic rings. The number of methoxy groups -OCH3 is 2. The van der Waals surface area contributed by atoms with E-state index in [4.69, 9.17) is 21.1 Å². The van der Waals surface area contributed by atoms with Gasteiger partial charge in [-0.3, -0.25) is 14.4 Å². The molecule has 0 aliphatic carbocycles. The largest absolute Gasteiger partial charge is 0.493 e. The zero-order chi connectivity index (χ0) is 22.4. The summed E-state index contributed by atoms with van der Waals surface area (Å²) in [5.74, 6) is 0.282. The molecular weight excluding hydrogens is 422 g/mol. The molecule has 3 amide bonds. The second-order valence-electron chi connectivity index (χ2n) is 6.91. The van der Waals surface area contributed by atoms with E-state index in [1.165, 1.54) is 14.2 Å². The fourth-order valence-electron chi connectivity index (χ4n) is 3.32. The van der Waals surface area contributed by atoms with Gasteiger partial charge in [0.05, 0.1) is 31.4 Å². The van der Waals surface area contributed by atoms with Crippen molar-refractivity contribution < 1.29 is 23.9 Å². The molecule has 3 rings (SSSR count). The quantitative estimate of drug-likeness (QED) is 0.735. The van der Waals surface area contributed by atoms with Gasteiger partial charge < -0.3 is 24.6 Å². The minimum Gasteiger partial charge on any atom is -0.493 e. The molecule has 0 bridgehead atoms. The first-order valence-corrected chi connectivity index (χ1v) is 10.1. The van der Waals surface area contributed by atoms with Crippen LogP contribution in [0, 0.1) is 0 Å². The maximum atomic E-state index is 12.8. The van der Waals surface area contributed by atoms with Crippen molar-refractivity contribution in [2.45, 2.75) is 0 Å². The number of rotatable bonds is 6. The number of nitrogens with zero attached hydrogens (tertiary/aromatic N) is 2. The molecule has 0 atom stereocenters. The van der Waals surface area contributed by atoms with E-state index in [0.29, 0.717) is 53.8 Å². The van der Waals surface area contributed by atoms with E-state index in [1.54, 1.807) is 52.3 Å². The van der Waals surface area contributed by atoms with Gasteiger partial charge in [0.2, 0.25) is 5.91 Å². The standard InChI is InChI=1S/C22H24ClN3O5/c1-30-18-8-7-15(13-19(18)31-2)22(29)26-11-9-25(10-12-26)20(27)14-24-21(28)16-5-3-4-6-17(16)23/h3-8,13H,9-12,14H2,1-2H3,(H,24,28). The number of carbonyl (C=O) groups is 3. The van der Waals surface area contributed by atoms with Gasteiger partial charge in [-0.2, -0.15) is 0 Å². The predicted octanol–water partition coefficient (Wildman–Crippen LogP) is 2.07. The van der Waals surface area contributed by atoms with Crippen molar-refractivity contribution >= 4 is 29.3 Å². The van der Waals surface area contributed by atoms with E-state index in [-0.39, 0.29) is 18.4 Å². The number of hydrogen-bond acceptors (Lipinski definition) is 5. The third kappa shape index (κ3) is 5.27. The average Bonchev–Trinajstić information content (AvgIpc) is 2.81. The third-order valence-electron chi connectivity index (χ3n) is 5.07. The van der Waals surface area contributed by atoms with Crippen LogP contribution in [-0.4, -0.2) is 74.5 Å². The Hall–Kier alpha value is -3.26. The summed E-state index contributed by atoms with van der Waals surface area (Å²) in [6.45, 7) is 1.45. The maximum Gasteiger partial charge on any atom is 0.254 e. The summed E-state index contributed by atoms with van der Waals surface area (Å²) in [7, 11) is 3.05. The molecule has 0 unspecified atom stereocenters. The number of piperazine rings is 1. The van der Waals surface area contributed by atoms with E-state index >= 15 is 0 Å². The second kappa shape index (κ2) is 10.2. The van der Waals surface area contributed by atoms with E-state index in [0.717, 1.165) is 0 Å². The van der Waals surface area contributed by atoms with Gasteiger partial charge >= 0.3 is 0 Å². The van der Waals surface area contributed by atoms with Crippen LogP contribution in [0.4, 0.5) is 0 Å². The van der Waals surface area contributed by atoms with Crippen molar-refractivity contribution in [1.82, 2.24) is 15.1 Å². The number of amides is 3. The number of hydrogen-bond donors (Lipinski definition) is 1. The number of carbonyl (C=O) groups excluding carboxylic acids is 3. The van der Waals surface area contributed by atoms with Gasteiger partial charge in [-0.05, 0) is 30.3 Å². The number of benzene rings is 2. The Morgan fingerprint density at radius 1 is 0.935 bits per heavy atom. The number of halogens is 1.